The molecule has 0 amide bonds. The van der Waals surface area contributed by atoms with Gasteiger partial charge in [0.05, 0.1) is 11.0 Å². The minimum absolute atomic E-state index is 0.952. The van der Waals surface area contributed by atoms with Gasteiger partial charge in [-0.3, -0.25) is 0 Å². The molecule has 0 atom stereocenters. The lowest BCUT2D eigenvalue weighted by Gasteiger charge is -2.26. The Kier molecular flexibility index (Phi) is 10.0. The first-order valence-electron chi connectivity index (χ1n) is 21.8. The first-order valence-corrected chi connectivity index (χ1v) is 21.8. The Balaban J connectivity index is 0.878. The Bertz CT molecular complexity index is 3180. The number of anilines is 6. The smallest absolute Gasteiger partial charge is 0.0538 e. The zero-order chi connectivity index (χ0) is 42.0. The Morgan fingerprint density at radius 1 is 0.286 bits per heavy atom. The molecule has 0 saturated carbocycles. The molecule has 11 rings (SSSR count). The summed E-state index contributed by atoms with van der Waals surface area (Å²) in [4.78, 5) is 4.64. The van der Waals surface area contributed by atoms with E-state index < -0.39 is 0 Å². The van der Waals surface area contributed by atoms with E-state index in [-0.39, 0.29) is 0 Å². The van der Waals surface area contributed by atoms with E-state index in [4.69, 9.17) is 0 Å². The lowest BCUT2D eigenvalue weighted by atomic mass is 9.95. The first kappa shape index (κ1) is 37.8. The average Bonchev–Trinajstić information content (AvgIpc) is 3.70. The monoisotopic (exact) mass is 807 g/mol. The number of benzene rings is 9. The van der Waals surface area contributed by atoms with Gasteiger partial charge in [-0.15, -0.1) is 0 Å². The van der Waals surface area contributed by atoms with Gasteiger partial charge in [0.15, 0.2) is 0 Å². The van der Waals surface area contributed by atoms with Crippen LogP contribution in [0.25, 0.3) is 55.3 Å². The van der Waals surface area contributed by atoms with Crippen molar-refractivity contribution >= 4 is 67.2 Å². The maximum Gasteiger partial charge on any atom is 0.0538 e. The largest absolute Gasteiger partial charge is 0.313 e. The second kappa shape index (κ2) is 16.7. The number of hydrogen-bond acceptors (Lipinski definition) is 2. The third-order valence-corrected chi connectivity index (χ3v) is 12.3. The fourth-order valence-corrected chi connectivity index (χ4v) is 9.20. The molecule has 0 spiro atoms. The molecule has 0 fully saturated rings. The van der Waals surface area contributed by atoms with Crippen LogP contribution in [0.5, 0.6) is 0 Å². The lowest BCUT2D eigenvalue weighted by molar-refractivity contribution is 0.992. The van der Waals surface area contributed by atoms with Crippen LogP contribution in [0.1, 0.15) is 18.4 Å². The molecule has 0 saturated heterocycles. The molecule has 300 valence electrons. The van der Waals surface area contributed by atoms with Crippen molar-refractivity contribution < 1.29 is 0 Å². The molecule has 0 bridgehead atoms. The predicted molar refractivity (Wildman–Crippen MR) is 268 cm³/mol. The Labute approximate surface area is 369 Å². The Morgan fingerprint density at radius 2 is 0.683 bits per heavy atom. The third-order valence-electron chi connectivity index (χ3n) is 12.3. The molecule has 1 heterocycles. The zero-order valence-electron chi connectivity index (χ0n) is 34.9. The quantitative estimate of drug-likeness (QED) is 0.136. The maximum atomic E-state index is 2.48. The highest BCUT2D eigenvalue weighted by molar-refractivity contribution is 6.11. The van der Waals surface area contributed by atoms with Crippen molar-refractivity contribution in [2.24, 2.45) is 0 Å². The molecule has 3 nitrogen and oxygen atoms in total. The lowest BCUT2D eigenvalue weighted by Crippen LogP contribution is -2.09. The maximum absolute atomic E-state index is 2.48. The molecule has 1 aliphatic carbocycles. The topological polar surface area (TPSA) is 11.4 Å². The standard InChI is InChI=1S/C60H45N3/c1-5-15-44(16-6-1)45-25-34-54(35-26-45)62(52-21-11-4-12-22-52)55-36-27-46(28-37-55)47-29-40-56(41-30-47)63-59-24-14-13-23-57(59)58-43-49(33-42-60(58)63)48-31-38-53(39-32-48)61(50-17-7-2-8-18-50)51-19-9-3-10-20-51/h1-29,31-40,42-43H,30,41H2. The molecule has 10 aromatic rings. The van der Waals surface area contributed by atoms with Crippen LogP contribution in [0.15, 0.2) is 249 Å². The number of para-hydroxylation sites is 4. The van der Waals surface area contributed by atoms with Gasteiger partial charge in [0.25, 0.3) is 0 Å². The molecule has 9 aromatic carbocycles. The van der Waals surface area contributed by atoms with E-state index in [0.29, 0.717) is 0 Å². The van der Waals surface area contributed by atoms with Crippen LogP contribution >= 0.6 is 0 Å². The summed E-state index contributed by atoms with van der Waals surface area (Å²) in [5.74, 6) is 0. The van der Waals surface area contributed by atoms with E-state index in [1.807, 2.05) is 0 Å². The number of aromatic nitrogens is 1. The molecular weight excluding hydrogens is 763 g/mol. The molecule has 0 N–H and O–H groups in total. The van der Waals surface area contributed by atoms with E-state index in [1.54, 1.807) is 0 Å². The number of nitrogens with zero attached hydrogens (tertiary/aromatic N) is 3. The summed E-state index contributed by atoms with van der Waals surface area (Å²) in [6, 6.07) is 85.1. The number of hydrogen-bond donors (Lipinski definition) is 0. The van der Waals surface area contributed by atoms with Crippen LogP contribution in [0, 0.1) is 0 Å². The summed E-state index contributed by atoms with van der Waals surface area (Å²) in [7, 11) is 0. The zero-order valence-corrected chi connectivity index (χ0v) is 34.9. The Morgan fingerprint density at radius 3 is 1.19 bits per heavy atom. The molecule has 63 heavy (non-hydrogen) atoms. The van der Waals surface area contributed by atoms with Crippen LogP contribution in [-0.4, -0.2) is 4.57 Å². The van der Waals surface area contributed by atoms with Gasteiger partial charge in [-0.05, 0) is 143 Å². The van der Waals surface area contributed by atoms with Gasteiger partial charge in [0, 0.05) is 50.6 Å². The van der Waals surface area contributed by atoms with E-state index in [9.17, 15) is 0 Å². The minimum Gasteiger partial charge on any atom is -0.313 e. The molecule has 3 heteroatoms. The predicted octanol–water partition coefficient (Wildman–Crippen LogP) is 16.8. The van der Waals surface area contributed by atoms with Crippen LogP contribution < -0.4 is 9.80 Å². The SMILES string of the molecule is C1=C(c2ccc(N(c3ccccc3)c3ccc(-c4ccccc4)cc3)cc2)CCC(n2c3ccccc3c3cc(-c4ccc(N(c5ccccc5)c5ccccc5)cc4)ccc32)=C1. The van der Waals surface area contributed by atoms with Gasteiger partial charge >= 0.3 is 0 Å². The van der Waals surface area contributed by atoms with E-state index in [1.165, 1.54) is 60.9 Å². The minimum atomic E-state index is 0.952. The van der Waals surface area contributed by atoms with Gasteiger partial charge in [0.1, 0.15) is 0 Å². The third kappa shape index (κ3) is 7.41. The summed E-state index contributed by atoms with van der Waals surface area (Å²) in [6.07, 6.45) is 6.58. The van der Waals surface area contributed by atoms with Crippen molar-refractivity contribution in [1.82, 2.24) is 4.57 Å². The molecule has 1 aliphatic rings. The summed E-state index contributed by atoms with van der Waals surface area (Å²) >= 11 is 0. The number of allylic oxidation sites excluding steroid dienone is 4. The van der Waals surface area contributed by atoms with Crippen LogP contribution in [-0.2, 0) is 0 Å². The van der Waals surface area contributed by atoms with Crippen molar-refractivity contribution in [1.29, 1.82) is 0 Å². The molecule has 0 radical (unpaired) electrons. The van der Waals surface area contributed by atoms with Gasteiger partial charge in [-0.2, -0.15) is 0 Å². The molecule has 1 aromatic heterocycles. The fourth-order valence-electron chi connectivity index (χ4n) is 9.20. The van der Waals surface area contributed by atoms with Crippen molar-refractivity contribution in [3.05, 3.63) is 254 Å². The second-order valence-corrected chi connectivity index (χ2v) is 16.1. The van der Waals surface area contributed by atoms with Crippen LogP contribution in [0.4, 0.5) is 34.1 Å². The van der Waals surface area contributed by atoms with E-state index >= 15 is 0 Å². The summed E-state index contributed by atoms with van der Waals surface area (Å²) in [5, 5.41) is 2.54. The highest BCUT2D eigenvalue weighted by atomic mass is 15.1. The summed E-state index contributed by atoms with van der Waals surface area (Å²) < 4.78 is 2.48. The van der Waals surface area contributed by atoms with Crippen molar-refractivity contribution in [3.63, 3.8) is 0 Å². The first-order chi connectivity index (χ1) is 31.2. The van der Waals surface area contributed by atoms with Crippen LogP contribution in [0.3, 0.4) is 0 Å². The number of rotatable bonds is 10. The van der Waals surface area contributed by atoms with E-state index in [2.05, 4.69) is 263 Å². The van der Waals surface area contributed by atoms with E-state index in [0.717, 1.165) is 47.0 Å². The Hall–Kier alpha value is -8.14. The van der Waals surface area contributed by atoms with Crippen molar-refractivity contribution in [3.8, 4) is 22.3 Å². The van der Waals surface area contributed by atoms with Crippen molar-refractivity contribution in [2.75, 3.05) is 9.80 Å². The van der Waals surface area contributed by atoms with Crippen LogP contribution in [0.2, 0.25) is 0 Å². The summed E-state index contributed by atoms with van der Waals surface area (Å²) in [5.41, 5.74) is 18.0. The van der Waals surface area contributed by atoms with Gasteiger partial charge < -0.3 is 14.4 Å². The van der Waals surface area contributed by atoms with Gasteiger partial charge in [-0.1, -0.05) is 152 Å². The van der Waals surface area contributed by atoms with Gasteiger partial charge in [0.2, 0.25) is 0 Å². The normalized spacial score (nSPS) is 12.5. The second-order valence-electron chi connectivity index (χ2n) is 16.1. The fraction of sp³-hybridized carbons (Fsp3) is 0.0333. The average molecular weight is 808 g/mol. The highest BCUT2D eigenvalue weighted by Crippen LogP contribution is 2.41. The highest BCUT2D eigenvalue weighted by Gasteiger charge is 2.19. The summed E-state index contributed by atoms with van der Waals surface area (Å²) in [6.45, 7) is 0. The van der Waals surface area contributed by atoms with Gasteiger partial charge in [-0.25, -0.2) is 0 Å². The molecular formula is C60H45N3. The number of fused-ring (bicyclic) bond motifs is 3. The molecule has 0 unspecified atom stereocenters. The molecule has 0 aliphatic heterocycles. The van der Waals surface area contributed by atoms with Crippen molar-refractivity contribution in [2.45, 2.75) is 12.8 Å².